The first-order valence-electron chi connectivity index (χ1n) is 10.8. The van der Waals surface area contributed by atoms with E-state index in [9.17, 15) is 10.1 Å². The Hall–Kier alpha value is -3.44. The van der Waals surface area contributed by atoms with Crippen LogP contribution in [0.4, 0.5) is 11.5 Å². The van der Waals surface area contributed by atoms with Crippen LogP contribution in [0.3, 0.4) is 0 Å². The fourth-order valence-electron chi connectivity index (χ4n) is 3.80. The quantitative estimate of drug-likeness (QED) is 0.215. The summed E-state index contributed by atoms with van der Waals surface area (Å²) in [7, 11) is 0. The maximum Gasteiger partial charge on any atom is 0.343 e. The molecule has 5 rings (SSSR count). The summed E-state index contributed by atoms with van der Waals surface area (Å²) < 4.78 is 0. The molecule has 0 spiro atoms. The molecule has 1 aromatic carbocycles. The number of aromatic amines is 1. The van der Waals surface area contributed by atoms with Gasteiger partial charge in [0.2, 0.25) is 5.82 Å². The third-order valence-corrected chi connectivity index (χ3v) is 7.63. The minimum Gasteiger partial charge on any atom is -0.351 e. The molecule has 3 aromatic heterocycles. The van der Waals surface area contributed by atoms with Crippen LogP contribution in [-0.4, -0.2) is 48.2 Å². The number of benzene rings is 1. The van der Waals surface area contributed by atoms with Gasteiger partial charge in [-0.3, -0.25) is 10.1 Å². The molecular weight excluding hydrogens is 470 g/mol. The van der Waals surface area contributed by atoms with Crippen molar-refractivity contribution in [1.29, 1.82) is 0 Å². The lowest BCUT2D eigenvalue weighted by atomic mass is 10.1. The Labute approximate surface area is 204 Å². The maximum absolute atomic E-state index is 12.1. The molecule has 9 nitrogen and oxygen atoms in total. The number of imidazole rings is 1. The number of nitrogens with zero attached hydrogens (tertiary/aromatic N) is 6. The first kappa shape index (κ1) is 22.4. The Morgan fingerprint density at radius 1 is 1.00 bits per heavy atom. The van der Waals surface area contributed by atoms with E-state index in [-0.39, 0.29) is 10.7 Å². The Balaban J connectivity index is 1.32. The number of aromatic nitrogens is 5. The van der Waals surface area contributed by atoms with Gasteiger partial charge in [0.05, 0.1) is 21.8 Å². The average Bonchev–Trinajstić information content (AvgIpc) is 3.34. The second kappa shape index (κ2) is 10.2. The highest BCUT2D eigenvalue weighted by atomic mass is 32.2. The second-order valence-corrected chi connectivity index (χ2v) is 9.95. The van der Waals surface area contributed by atoms with Gasteiger partial charge in [-0.1, -0.05) is 36.4 Å². The maximum atomic E-state index is 12.1. The number of piperidine rings is 1. The van der Waals surface area contributed by atoms with Crippen molar-refractivity contribution in [3.8, 4) is 11.3 Å². The molecule has 1 saturated heterocycles. The Morgan fingerprint density at radius 3 is 2.53 bits per heavy atom. The lowest BCUT2D eigenvalue weighted by Gasteiger charge is -2.31. The largest absolute Gasteiger partial charge is 0.351 e. The monoisotopic (exact) mass is 491 g/mol. The summed E-state index contributed by atoms with van der Waals surface area (Å²) in [6, 6.07) is 15.7. The van der Waals surface area contributed by atoms with Crippen molar-refractivity contribution in [3.05, 3.63) is 77.4 Å². The number of hydrogen-bond acceptors (Lipinski definition) is 9. The molecule has 4 aromatic rings. The van der Waals surface area contributed by atoms with Gasteiger partial charge in [0.1, 0.15) is 6.33 Å². The van der Waals surface area contributed by atoms with Crippen LogP contribution in [0.2, 0.25) is 0 Å². The van der Waals surface area contributed by atoms with E-state index in [1.165, 1.54) is 6.33 Å². The predicted octanol–water partition coefficient (Wildman–Crippen LogP) is 5.08. The number of rotatable bonds is 7. The summed E-state index contributed by atoms with van der Waals surface area (Å²) in [5, 5.41) is 14.3. The number of anilines is 1. The third-order valence-electron chi connectivity index (χ3n) is 5.45. The Morgan fingerprint density at radius 2 is 1.79 bits per heavy atom. The van der Waals surface area contributed by atoms with E-state index in [0.29, 0.717) is 29.3 Å². The van der Waals surface area contributed by atoms with Crippen molar-refractivity contribution in [1.82, 2.24) is 24.9 Å². The van der Waals surface area contributed by atoms with E-state index < -0.39 is 4.92 Å². The van der Waals surface area contributed by atoms with Crippen molar-refractivity contribution in [2.45, 2.75) is 33.3 Å². The van der Waals surface area contributed by atoms with Crippen LogP contribution < -0.4 is 4.90 Å². The molecule has 11 heteroatoms. The first-order chi connectivity index (χ1) is 16.7. The Bertz CT molecular complexity index is 1260. The normalized spacial score (nSPS) is 14.3. The van der Waals surface area contributed by atoms with Gasteiger partial charge in [0, 0.05) is 24.5 Å². The van der Waals surface area contributed by atoms with Crippen LogP contribution in [0.15, 0.2) is 82.5 Å². The van der Waals surface area contributed by atoms with Gasteiger partial charge in [0.15, 0.2) is 10.2 Å². The number of nitro groups is 1. The molecule has 0 bridgehead atoms. The number of pyridine rings is 1. The zero-order valence-electron chi connectivity index (χ0n) is 18.1. The lowest BCUT2D eigenvalue weighted by molar-refractivity contribution is -0.387. The molecular formula is C23H21N7O2S2. The summed E-state index contributed by atoms with van der Waals surface area (Å²) >= 11 is 2.90. The van der Waals surface area contributed by atoms with E-state index in [4.69, 9.17) is 0 Å². The standard InChI is InChI=1S/C23H21N7O2S2/c31-30(32)20-21(29-12-9-17(10-13-29)33-19-8-4-5-11-24-19)26-15-27-22(20)34-23-25-14-18(28-23)16-6-2-1-3-7-16/h1-8,11,14-15,17H,9-10,12-13H2,(H,25,28). The highest BCUT2D eigenvalue weighted by Gasteiger charge is 2.31. The van der Waals surface area contributed by atoms with Crippen molar-refractivity contribution < 1.29 is 4.92 Å². The van der Waals surface area contributed by atoms with Gasteiger partial charge in [-0.25, -0.2) is 19.9 Å². The Kier molecular flexibility index (Phi) is 6.72. The average molecular weight is 492 g/mol. The smallest absolute Gasteiger partial charge is 0.343 e. The SMILES string of the molecule is O=[N+]([O-])c1c(Sc2ncc(-c3ccccc3)[nH]2)ncnc1N1CCC(Sc2ccccn2)CC1. The van der Waals surface area contributed by atoms with E-state index in [1.807, 2.05) is 53.4 Å². The molecule has 1 N–H and O–H groups in total. The van der Waals surface area contributed by atoms with Gasteiger partial charge >= 0.3 is 5.69 Å². The van der Waals surface area contributed by atoms with Gasteiger partial charge in [-0.2, -0.15) is 0 Å². The van der Waals surface area contributed by atoms with Gasteiger partial charge in [-0.15, -0.1) is 11.8 Å². The first-order valence-corrected chi connectivity index (χ1v) is 12.5. The summed E-state index contributed by atoms with van der Waals surface area (Å²) in [6.07, 6.45) is 6.69. The minimum atomic E-state index is -0.395. The van der Waals surface area contributed by atoms with Crippen molar-refractivity contribution >= 4 is 35.0 Å². The zero-order chi connectivity index (χ0) is 23.3. The topological polar surface area (TPSA) is 114 Å². The summed E-state index contributed by atoms with van der Waals surface area (Å²) in [4.78, 5) is 34.1. The van der Waals surface area contributed by atoms with Gasteiger partial charge in [-0.05, 0) is 42.3 Å². The van der Waals surface area contributed by atoms with Crippen LogP contribution in [-0.2, 0) is 0 Å². The molecule has 0 atom stereocenters. The van der Waals surface area contributed by atoms with Crippen molar-refractivity contribution in [3.63, 3.8) is 0 Å². The fraction of sp³-hybridized carbons (Fsp3) is 0.217. The summed E-state index contributed by atoms with van der Waals surface area (Å²) in [6.45, 7) is 1.37. The number of hydrogen-bond donors (Lipinski definition) is 1. The van der Waals surface area contributed by atoms with Crippen molar-refractivity contribution in [2.24, 2.45) is 0 Å². The van der Waals surface area contributed by atoms with Crippen LogP contribution in [0.25, 0.3) is 11.3 Å². The van der Waals surface area contributed by atoms with E-state index in [1.54, 1.807) is 24.2 Å². The summed E-state index contributed by atoms with van der Waals surface area (Å²) in [5.74, 6) is 0.360. The molecule has 0 unspecified atom stereocenters. The molecule has 0 saturated carbocycles. The third kappa shape index (κ3) is 5.05. The number of thioether (sulfide) groups is 1. The molecule has 0 aliphatic carbocycles. The van der Waals surface area contributed by atoms with E-state index in [0.717, 1.165) is 40.9 Å². The number of nitrogens with one attached hydrogen (secondary N) is 1. The van der Waals surface area contributed by atoms with Crippen molar-refractivity contribution in [2.75, 3.05) is 18.0 Å². The molecule has 4 heterocycles. The highest BCUT2D eigenvalue weighted by Crippen LogP contribution is 2.39. The minimum absolute atomic E-state index is 0.0824. The van der Waals surface area contributed by atoms with Crippen LogP contribution in [0.1, 0.15) is 12.8 Å². The van der Waals surface area contributed by atoms with E-state index >= 15 is 0 Å². The lowest BCUT2D eigenvalue weighted by Crippen LogP contribution is -2.35. The van der Waals surface area contributed by atoms with Gasteiger partial charge < -0.3 is 9.88 Å². The molecule has 172 valence electrons. The molecule has 1 fully saturated rings. The van der Waals surface area contributed by atoms with Crippen LogP contribution in [0.5, 0.6) is 0 Å². The highest BCUT2D eigenvalue weighted by molar-refractivity contribution is 7.99. The summed E-state index contributed by atoms with van der Waals surface area (Å²) in [5.41, 5.74) is 1.75. The molecule has 0 radical (unpaired) electrons. The van der Waals surface area contributed by atoms with Gasteiger partial charge in [0.25, 0.3) is 0 Å². The fourth-order valence-corrected chi connectivity index (χ4v) is 5.68. The van der Waals surface area contributed by atoms with Crippen LogP contribution in [0, 0.1) is 10.1 Å². The second-order valence-electron chi connectivity index (χ2n) is 7.65. The molecule has 1 aliphatic rings. The van der Waals surface area contributed by atoms with Crippen LogP contribution >= 0.6 is 23.5 Å². The zero-order valence-corrected chi connectivity index (χ0v) is 19.7. The molecule has 0 amide bonds. The predicted molar refractivity (Wildman–Crippen MR) is 132 cm³/mol. The molecule has 1 aliphatic heterocycles. The van der Waals surface area contributed by atoms with E-state index in [2.05, 4.69) is 24.9 Å². The number of H-pyrrole nitrogens is 1. The molecule has 34 heavy (non-hydrogen) atoms.